The highest BCUT2D eigenvalue weighted by molar-refractivity contribution is 14.0. The summed E-state index contributed by atoms with van der Waals surface area (Å²) in [5.74, 6) is 1.10. The van der Waals surface area contributed by atoms with E-state index in [0.717, 1.165) is 51.4 Å². The standard InChI is InChI=1S/C21H31N5O2.HI/c1-23-21(25-11-5-6-16(13-25)12-19(22)27)24-10-4-9-20(28)26-14-17-7-2-3-8-18(17)15-26;/h2-3,7-8,16H,4-6,9-15H2,1H3,(H2,22,27)(H,23,24);1H. The highest BCUT2D eigenvalue weighted by Gasteiger charge is 2.24. The maximum absolute atomic E-state index is 12.5. The van der Waals surface area contributed by atoms with E-state index in [9.17, 15) is 9.59 Å². The van der Waals surface area contributed by atoms with Crippen molar-refractivity contribution in [3.05, 3.63) is 35.4 Å². The van der Waals surface area contributed by atoms with Gasteiger partial charge in [0, 0.05) is 52.6 Å². The van der Waals surface area contributed by atoms with Crippen molar-refractivity contribution in [2.24, 2.45) is 16.6 Å². The number of hydrogen-bond acceptors (Lipinski definition) is 3. The number of nitrogens with one attached hydrogen (secondary N) is 1. The predicted octanol–water partition coefficient (Wildman–Crippen LogP) is 2.09. The molecule has 0 radical (unpaired) electrons. The van der Waals surface area contributed by atoms with Gasteiger partial charge in [-0.2, -0.15) is 0 Å². The summed E-state index contributed by atoms with van der Waals surface area (Å²) >= 11 is 0. The Kier molecular flexibility index (Phi) is 9.19. The van der Waals surface area contributed by atoms with Gasteiger partial charge in [0.25, 0.3) is 0 Å². The SMILES string of the molecule is CN=C(NCCCC(=O)N1Cc2ccccc2C1)N1CCCC(CC(N)=O)C1.I. The number of amides is 2. The topological polar surface area (TPSA) is 91.0 Å². The van der Waals surface area contributed by atoms with Crippen LogP contribution in [0.5, 0.6) is 0 Å². The molecular formula is C21H32IN5O2. The van der Waals surface area contributed by atoms with Gasteiger partial charge in [-0.05, 0) is 36.3 Å². The van der Waals surface area contributed by atoms with E-state index in [1.807, 2.05) is 17.0 Å². The summed E-state index contributed by atoms with van der Waals surface area (Å²) in [6.45, 7) is 3.88. The minimum absolute atomic E-state index is 0. The molecule has 0 aromatic heterocycles. The zero-order valence-electron chi connectivity index (χ0n) is 17.1. The second-order valence-electron chi connectivity index (χ2n) is 7.72. The van der Waals surface area contributed by atoms with Crippen molar-refractivity contribution in [2.75, 3.05) is 26.7 Å². The maximum atomic E-state index is 12.5. The molecule has 1 aromatic carbocycles. The van der Waals surface area contributed by atoms with Crippen LogP contribution in [0.3, 0.4) is 0 Å². The molecule has 2 amide bonds. The molecule has 0 saturated carbocycles. The maximum Gasteiger partial charge on any atom is 0.223 e. The summed E-state index contributed by atoms with van der Waals surface area (Å²) in [5.41, 5.74) is 7.85. The number of primary amides is 1. The van der Waals surface area contributed by atoms with E-state index in [4.69, 9.17) is 5.73 Å². The third-order valence-corrected chi connectivity index (χ3v) is 5.56. The van der Waals surface area contributed by atoms with Crippen molar-refractivity contribution in [1.82, 2.24) is 15.1 Å². The predicted molar refractivity (Wildman–Crippen MR) is 125 cm³/mol. The number of aliphatic imine (C=N–C) groups is 1. The van der Waals surface area contributed by atoms with E-state index in [1.165, 1.54) is 11.1 Å². The van der Waals surface area contributed by atoms with Gasteiger partial charge in [-0.25, -0.2) is 0 Å². The summed E-state index contributed by atoms with van der Waals surface area (Å²) in [5, 5.41) is 3.37. The molecular weight excluding hydrogens is 481 g/mol. The fourth-order valence-corrected chi connectivity index (χ4v) is 4.15. The fourth-order valence-electron chi connectivity index (χ4n) is 4.15. The number of piperidine rings is 1. The Bertz CT molecular complexity index is 715. The zero-order chi connectivity index (χ0) is 19.9. The molecule has 3 N–H and O–H groups in total. The monoisotopic (exact) mass is 513 g/mol. The van der Waals surface area contributed by atoms with Gasteiger partial charge in [-0.1, -0.05) is 24.3 Å². The summed E-state index contributed by atoms with van der Waals surface area (Å²) in [4.78, 5) is 32.2. The third-order valence-electron chi connectivity index (χ3n) is 5.56. The molecule has 7 nitrogen and oxygen atoms in total. The van der Waals surface area contributed by atoms with Gasteiger partial charge < -0.3 is 20.9 Å². The van der Waals surface area contributed by atoms with Crippen LogP contribution >= 0.6 is 24.0 Å². The summed E-state index contributed by atoms with van der Waals surface area (Å²) < 4.78 is 0. The molecule has 1 saturated heterocycles. The number of fused-ring (bicyclic) bond motifs is 1. The molecule has 2 aliphatic heterocycles. The number of likely N-dealkylation sites (tertiary alicyclic amines) is 1. The minimum atomic E-state index is -0.239. The van der Waals surface area contributed by atoms with Crippen LogP contribution in [-0.4, -0.2) is 54.3 Å². The van der Waals surface area contributed by atoms with Crippen LogP contribution in [0, 0.1) is 5.92 Å². The third kappa shape index (κ3) is 6.58. The molecule has 29 heavy (non-hydrogen) atoms. The van der Waals surface area contributed by atoms with E-state index >= 15 is 0 Å². The van der Waals surface area contributed by atoms with Crippen LogP contribution in [0.25, 0.3) is 0 Å². The van der Waals surface area contributed by atoms with Crippen LogP contribution < -0.4 is 11.1 Å². The van der Waals surface area contributed by atoms with Crippen LogP contribution in [0.15, 0.2) is 29.3 Å². The molecule has 160 valence electrons. The van der Waals surface area contributed by atoms with Gasteiger partial charge in [-0.15, -0.1) is 24.0 Å². The number of guanidine groups is 1. The molecule has 2 heterocycles. The molecule has 0 aliphatic carbocycles. The summed E-state index contributed by atoms with van der Waals surface area (Å²) in [6.07, 6.45) is 3.79. The molecule has 3 rings (SSSR count). The average Bonchev–Trinajstić information content (AvgIpc) is 3.12. The van der Waals surface area contributed by atoms with Crippen LogP contribution in [0.4, 0.5) is 0 Å². The van der Waals surface area contributed by atoms with Crippen molar-refractivity contribution in [1.29, 1.82) is 0 Å². The average molecular weight is 513 g/mol. The zero-order valence-corrected chi connectivity index (χ0v) is 19.4. The van der Waals surface area contributed by atoms with Crippen LogP contribution in [0.1, 0.15) is 43.2 Å². The fraction of sp³-hybridized carbons (Fsp3) is 0.571. The lowest BCUT2D eigenvalue weighted by Crippen LogP contribution is -2.47. The van der Waals surface area contributed by atoms with Gasteiger partial charge >= 0.3 is 0 Å². The van der Waals surface area contributed by atoms with Crippen molar-refractivity contribution >= 4 is 41.8 Å². The molecule has 1 unspecified atom stereocenters. The molecule has 1 fully saturated rings. The first-order chi connectivity index (χ1) is 13.6. The Morgan fingerprint density at radius 1 is 1.21 bits per heavy atom. The van der Waals surface area contributed by atoms with E-state index in [0.29, 0.717) is 25.3 Å². The van der Waals surface area contributed by atoms with E-state index in [2.05, 4.69) is 27.3 Å². The van der Waals surface area contributed by atoms with E-state index in [-0.39, 0.29) is 35.8 Å². The lowest BCUT2D eigenvalue weighted by molar-refractivity contribution is -0.131. The number of rotatable bonds is 6. The quantitative estimate of drug-likeness (QED) is 0.264. The molecule has 1 aromatic rings. The van der Waals surface area contributed by atoms with Gasteiger partial charge in [0.1, 0.15) is 0 Å². The molecule has 8 heteroatoms. The molecule has 2 aliphatic rings. The minimum Gasteiger partial charge on any atom is -0.370 e. The molecule has 0 bridgehead atoms. The molecule has 1 atom stereocenters. The van der Waals surface area contributed by atoms with Gasteiger partial charge in [0.2, 0.25) is 11.8 Å². The van der Waals surface area contributed by atoms with Crippen molar-refractivity contribution in [3.8, 4) is 0 Å². The smallest absolute Gasteiger partial charge is 0.223 e. The number of halogens is 1. The Morgan fingerprint density at radius 3 is 2.52 bits per heavy atom. The highest BCUT2D eigenvalue weighted by atomic mass is 127. The van der Waals surface area contributed by atoms with Crippen LogP contribution in [-0.2, 0) is 22.7 Å². The first-order valence-electron chi connectivity index (χ1n) is 10.1. The first-order valence-corrected chi connectivity index (χ1v) is 10.1. The van der Waals surface area contributed by atoms with Gasteiger partial charge in [0.15, 0.2) is 5.96 Å². The highest BCUT2D eigenvalue weighted by Crippen LogP contribution is 2.23. The Balaban J connectivity index is 0.00000300. The van der Waals surface area contributed by atoms with Gasteiger partial charge in [-0.3, -0.25) is 14.6 Å². The lowest BCUT2D eigenvalue weighted by atomic mass is 9.95. The van der Waals surface area contributed by atoms with Crippen LogP contribution in [0.2, 0.25) is 0 Å². The number of carbonyl (C=O) groups is 2. The number of nitrogens with zero attached hydrogens (tertiary/aromatic N) is 3. The largest absolute Gasteiger partial charge is 0.370 e. The van der Waals surface area contributed by atoms with Crippen molar-refractivity contribution in [3.63, 3.8) is 0 Å². The summed E-state index contributed by atoms with van der Waals surface area (Å²) in [7, 11) is 1.77. The number of nitrogens with two attached hydrogens (primary N) is 1. The normalized spacial score (nSPS) is 18.8. The van der Waals surface area contributed by atoms with Crippen molar-refractivity contribution < 1.29 is 9.59 Å². The number of benzene rings is 1. The van der Waals surface area contributed by atoms with E-state index < -0.39 is 0 Å². The number of carbonyl (C=O) groups excluding carboxylic acids is 2. The number of hydrogen-bond donors (Lipinski definition) is 2. The second-order valence-corrected chi connectivity index (χ2v) is 7.72. The first kappa shape index (κ1) is 23.4. The Labute approximate surface area is 190 Å². The second kappa shape index (κ2) is 11.4. The molecule has 0 spiro atoms. The summed E-state index contributed by atoms with van der Waals surface area (Å²) in [6, 6.07) is 8.24. The van der Waals surface area contributed by atoms with Crippen molar-refractivity contribution in [2.45, 2.75) is 45.2 Å². The van der Waals surface area contributed by atoms with Gasteiger partial charge in [0.05, 0.1) is 0 Å². The Hall–Kier alpha value is -1.84. The van der Waals surface area contributed by atoms with E-state index in [1.54, 1.807) is 7.05 Å². The Morgan fingerprint density at radius 2 is 1.90 bits per heavy atom. The lowest BCUT2D eigenvalue weighted by Gasteiger charge is -2.34.